The van der Waals surface area contributed by atoms with Crippen LogP contribution in [-0.4, -0.2) is 0 Å². The second kappa shape index (κ2) is 8.23. The fraction of sp³-hybridized carbons (Fsp3) is 0.771. The van der Waals surface area contributed by atoms with E-state index in [0.717, 1.165) is 47.3 Å². The van der Waals surface area contributed by atoms with Crippen LogP contribution in [0.3, 0.4) is 0 Å². The molecule has 0 heterocycles. The van der Waals surface area contributed by atoms with Gasteiger partial charge in [-0.2, -0.15) is 0 Å². The number of fused-ring (bicyclic) bond motifs is 6. The zero-order valence-corrected chi connectivity index (χ0v) is 23.1. The van der Waals surface area contributed by atoms with Crippen LogP contribution in [0.4, 0.5) is 0 Å². The van der Waals surface area contributed by atoms with Gasteiger partial charge in [0.15, 0.2) is 0 Å². The summed E-state index contributed by atoms with van der Waals surface area (Å²) in [7, 11) is 0. The number of rotatable bonds is 7. The zero-order chi connectivity index (χ0) is 24.2. The van der Waals surface area contributed by atoms with Crippen LogP contribution in [0.5, 0.6) is 0 Å². The molecule has 0 aliphatic heterocycles. The molecule has 0 N–H and O–H groups in total. The Morgan fingerprint density at radius 3 is 2.54 bits per heavy atom. The second-order valence-corrected chi connectivity index (χ2v) is 14.3. The molecule has 0 heteroatoms. The molecule has 5 saturated carbocycles. The first-order valence-electron chi connectivity index (χ1n) is 14.8. The lowest BCUT2D eigenvalue weighted by Gasteiger charge is -2.60. The van der Waals surface area contributed by atoms with Crippen molar-refractivity contribution in [2.45, 2.75) is 107 Å². The van der Waals surface area contributed by atoms with E-state index in [-0.39, 0.29) is 7.43 Å². The van der Waals surface area contributed by atoms with Gasteiger partial charge in [0.25, 0.3) is 0 Å². The summed E-state index contributed by atoms with van der Waals surface area (Å²) in [5.74, 6) is 7.49. The third-order valence-corrected chi connectivity index (χ3v) is 13.6. The van der Waals surface area contributed by atoms with Gasteiger partial charge >= 0.3 is 0 Å². The standard InChI is InChI=1S/C34H50.CH4/c1-9-11-24(16-21(4)20(3)10-2)18-25-12-13-27-26-19-30-31-29-17-22(5)23(6)33(8,34(29,30)31)28(26)14-15-32(25,27)7;/h9,17,24-31H,1,6,10-16,18-19H2,2-5,7-8H3;1H4/b21-20+;. The first kappa shape index (κ1) is 25.6. The Morgan fingerprint density at radius 1 is 1.11 bits per heavy atom. The SMILES string of the molecule is C.C=CCC(C/C(C)=C(\C)CC)CC1CCC2C3CC4C5C6C=C(C)C(=C)C(C)(C3CCC12C)C645. The highest BCUT2D eigenvalue weighted by molar-refractivity contribution is 5.56. The van der Waals surface area contributed by atoms with Crippen molar-refractivity contribution in [1.29, 1.82) is 0 Å². The Bertz CT molecular complexity index is 976. The Morgan fingerprint density at radius 2 is 1.86 bits per heavy atom. The molecule has 0 bridgehead atoms. The van der Waals surface area contributed by atoms with Gasteiger partial charge in [-0.3, -0.25) is 0 Å². The lowest BCUT2D eigenvalue weighted by Crippen LogP contribution is -2.54. The van der Waals surface area contributed by atoms with Gasteiger partial charge in [0.1, 0.15) is 0 Å². The van der Waals surface area contributed by atoms with Crippen LogP contribution in [0, 0.1) is 63.6 Å². The molecule has 0 nitrogen and oxygen atoms in total. The average molecular weight is 475 g/mol. The Kier molecular flexibility index (Phi) is 6.02. The normalized spacial score (nSPS) is 49.8. The highest BCUT2D eigenvalue weighted by Crippen LogP contribution is 2.98. The minimum Gasteiger partial charge on any atom is -0.103 e. The van der Waals surface area contributed by atoms with Crippen molar-refractivity contribution in [3.05, 3.63) is 47.6 Å². The lowest BCUT2D eigenvalue weighted by molar-refractivity contribution is -0.0867. The van der Waals surface area contributed by atoms with Crippen molar-refractivity contribution in [2.75, 3.05) is 0 Å². The second-order valence-electron chi connectivity index (χ2n) is 14.3. The first-order chi connectivity index (χ1) is 16.2. The molecule has 0 aromatic heterocycles. The maximum atomic E-state index is 4.77. The quantitative estimate of drug-likeness (QED) is 0.322. The molecule has 6 aliphatic carbocycles. The van der Waals surface area contributed by atoms with Crippen molar-refractivity contribution >= 4 is 0 Å². The van der Waals surface area contributed by atoms with E-state index >= 15 is 0 Å². The van der Waals surface area contributed by atoms with Crippen LogP contribution >= 0.6 is 0 Å². The summed E-state index contributed by atoms with van der Waals surface area (Å²) in [4.78, 5) is 0. The molecule has 35 heavy (non-hydrogen) atoms. The Hall–Kier alpha value is -1.04. The van der Waals surface area contributed by atoms with Gasteiger partial charge < -0.3 is 0 Å². The molecule has 0 saturated heterocycles. The van der Waals surface area contributed by atoms with Crippen molar-refractivity contribution in [3.8, 4) is 0 Å². The summed E-state index contributed by atoms with van der Waals surface area (Å²) in [6.07, 6.45) is 17.4. The van der Waals surface area contributed by atoms with Gasteiger partial charge in [0.05, 0.1) is 0 Å². The summed E-state index contributed by atoms with van der Waals surface area (Å²) >= 11 is 0. The maximum Gasteiger partial charge on any atom is 0.00202 e. The minimum absolute atomic E-state index is 0. The van der Waals surface area contributed by atoms with Crippen molar-refractivity contribution < 1.29 is 0 Å². The smallest absolute Gasteiger partial charge is 0.00202 e. The number of hydrogen-bond acceptors (Lipinski definition) is 0. The molecule has 11 unspecified atom stereocenters. The van der Waals surface area contributed by atoms with Crippen LogP contribution in [-0.2, 0) is 0 Å². The molecular formula is C35H54. The van der Waals surface area contributed by atoms with E-state index in [4.69, 9.17) is 6.58 Å². The molecule has 0 aromatic carbocycles. The molecule has 6 aliphatic rings. The monoisotopic (exact) mass is 474 g/mol. The van der Waals surface area contributed by atoms with Gasteiger partial charge in [-0.1, -0.05) is 63.6 Å². The van der Waals surface area contributed by atoms with Crippen LogP contribution < -0.4 is 0 Å². The maximum absolute atomic E-state index is 4.77. The van der Waals surface area contributed by atoms with E-state index in [1.807, 2.05) is 0 Å². The largest absolute Gasteiger partial charge is 0.103 e. The van der Waals surface area contributed by atoms with E-state index in [9.17, 15) is 0 Å². The van der Waals surface area contributed by atoms with E-state index in [1.54, 1.807) is 28.7 Å². The molecule has 1 spiro atoms. The zero-order valence-electron chi connectivity index (χ0n) is 23.1. The van der Waals surface area contributed by atoms with Crippen molar-refractivity contribution in [2.24, 2.45) is 63.6 Å². The van der Waals surface area contributed by atoms with Crippen LogP contribution in [0.2, 0.25) is 0 Å². The van der Waals surface area contributed by atoms with E-state index in [1.165, 1.54) is 51.4 Å². The summed E-state index contributed by atoms with van der Waals surface area (Å²) in [5, 5.41) is 0. The van der Waals surface area contributed by atoms with Gasteiger partial charge in [-0.25, -0.2) is 0 Å². The topological polar surface area (TPSA) is 0 Å². The summed E-state index contributed by atoms with van der Waals surface area (Å²) < 4.78 is 0. The lowest BCUT2D eigenvalue weighted by atomic mass is 9.44. The third-order valence-electron chi connectivity index (χ3n) is 13.6. The average Bonchev–Trinajstić information content (AvgIpc) is 3.65. The van der Waals surface area contributed by atoms with Crippen LogP contribution in [0.1, 0.15) is 107 Å². The molecule has 0 amide bonds. The predicted molar refractivity (Wildman–Crippen MR) is 152 cm³/mol. The van der Waals surface area contributed by atoms with Crippen molar-refractivity contribution in [3.63, 3.8) is 0 Å². The van der Waals surface area contributed by atoms with Gasteiger partial charge in [0, 0.05) is 5.41 Å². The Balaban J connectivity index is 0.00000253. The number of allylic oxidation sites excluding steroid dienone is 6. The van der Waals surface area contributed by atoms with Crippen molar-refractivity contribution in [1.82, 2.24) is 0 Å². The molecule has 6 rings (SSSR count). The van der Waals surface area contributed by atoms with Crippen LogP contribution in [0.25, 0.3) is 0 Å². The van der Waals surface area contributed by atoms with Gasteiger partial charge in [-0.15, -0.1) is 6.58 Å². The molecule has 194 valence electrons. The van der Waals surface area contributed by atoms with E-state index < -0.39 is 0 Å². The summed E-state index contributed by atoms with van der Waals surface area (Å²) in [5.41, 5.74) is 7.96. The molecule has 0 radical (unpaired) electrons. The Labute approximate surface area is 217 Å². The fourth-order valence-electron chi connectivity index (χ4n) is 11.5. The molecule has 5 fully saturated rings. The molecular weight excluding hydrogens is 420 g/mol. The minimum atomic E-state index is 0. The van der Waals surface area contributed by atoms with Gasteiger partial charge in [-0.05, 0) is 142 Å². The molecule has 11 atom stereocenters. The summed E-state index contributed by atoms with van der Waals surface area (Å²) in [6, 6.07) is 0. The summed E-state index contributed by atoms with van der Waals surface area (Å²) in [6.45, 7) is 23.7. The predicted octanol–water partition coefficient (Wildman–Crippen LogP) is 10.2. The fourth-order valence-corrected chi connectivity index (χ4v) is 11.5. The molecule has 0 aromatic rings. The highest BCUT2D eigenvalue weighted by Gasteiger charge is 2.94. The van der Waals surface area contributed by atoms with Crippen LogP contribution in [0.15, 0.2) is 47.6 Å². The first-order valence-corrected chi connectivity index (χ1v) is 14.8. The number of hydrogen-bond donors (Lipinski definition) is 0. The van der Waals surface area contributed by atoms with Gasteiger partial charge in [0.2, 0.25) is 0 Å². The van der Waals surface area contributed by atoms with E-state index in [2.05, 4.69) is 60.3 Å². The van der Waals surface area contributed by atoms with E-state index in [0.29, 0.717) is 16.2 Å². The highest BCUT2D eigenvalue weighted by atomic mass is 15.0. The third kappa shape index (κ3) is 3.04.